The van der Waals surface area contributed by atoms with Gasteiger partial charge in [-0.3, -0.25) is 0 Å². The van der Waals surface area contributed by atoms with Gasteiger partial charge in [-0.25, -0.2) is 8.78 Å². The number of halogens is 4. The van der Waals surface area contributed by atoms with Crippen LogP contribution in [0.4, 0.5) is 17.6 Å². The molecular formula is C12H6F4O4S. The summed E-state index contributed by atoms with van der Waals surface area (Å²) in [6.45, 7) is 0. The maximum Gasteiger partial charge on any atom is 0.501 e. The second-order valence-electron chi connectivity index (χ2n) is 3.68. The Morgan fingerprint density at radius 2 is 1.10 bits per heavy atom. The Kier molecular flexibility index (Phi) is 4.03. The van der Waals surface area contributed by atoms with Crippen LogP contribution in [0, 0.1) is 23.3 Å². The predicted molar refractivity (Wildman–Crippen MR) is 62.9 cm³/mol. The summed E-state index contributed by atoms with van der Waals surface area (Å²) >= 11 is 0. The Hall–Kier alpha value is -2.29. The molecule has 0 saturated carbocycles. The molecule has 0 aromatic heterocycles. The first-order valence-corrected chi connectivity index (χ1v) is 6.65. The van der Waals surface area contributed by atoms with E-state index in [4.69, 9.17) is 0 Å². The van der Waals surface area contributed by atoms with Gasteiger partial charge in [0.2, 0.25) is 11.6 Å². The fourth-order valence-corrected chi connectivity index (χ4v) is 2.06. The topological polar surface area (TPSA) is 52.6 Å². The van der Waals surface area contributed by atoms with E-state index in [-0.39, 0.29) is 0 Å². The summed E-state index contributed by atoms with van der Waals surface area (Å²) in [5.74, 6) is -7.79. The van der Waals surface area contributed by atoms with Crippen LogP contribution in [-0.2, 0) is 10.4 Å². The molecule has 0 aliphatic carbocycles. The first-order chi connectivity index (χ1) is 9.80. The minimum Gasteiger partial charge on any atom is -0.350 e. The van der Waals surface area contributed by atoms with Gasteiger partial charge in [0.25, 0.3) is 0 Å². The normalized spacial score (nSPS) is 11.2. The van der Waals surface area contributed by atoms with E-state index in [1.54, 1.807) is 0 Å². The third kappa shape index (κ3) is 3.43. The molecule has 0 amide bonds. The zero-order chi connectivity index (χ0) is 15.6. The Bertz CT molecular complexity index is 717. The lowest BCUT2D eigenvalue weighted by atomic mass is 10.3. The van der Waals surface area contributed by atoms with Crippen molar-refractivity contribution in [1.82, 2.24) is 0 Å². The van der Waals surface area contributed by atoms with Crippen molar-refractivity contribution in [1.29, 1.82) is 0 Å². The quantitative estimate of drug-likeness (QED) is 0.812. The van der Waals surface area contributed by atoms with Crippen LogP contribution in [0.15, 0.2) is 36.4 Å². The van der Waals surface area contributed by atoms with Crippen molar-refractivity contribution in [3.05, 3.63) is 59.7 Å². The Balaban J connectivity index is 2.27. The molecule has 0 bridgehead atoms. The molecule has 0 radical (unpaired) electrons. The Morgan fingerprint density at radius 1 is 0.714 bits per heavy atom. The highest BCUT2D eigenvalue weighted by Crippen LogP contribution is 2.24. The van der Waals surface area contributed by atoms with Crippen LogP contribution in [-0.4, -0.2) is 8.42 Å². The van der Waals surface area contributed by atoms with Gasteiger partial charge in [-0.05, 0) is 24.3 Å². The summed E-state index contributed by atoms with van der Waals surface area (Å²) in [5.41, 5.74) is 0. The van der Waals surface area contributed by atoms with E-state index in [2.05, 4.69) is 8.37 Å². The minimum atomic E-state index is -4.98. The van der Waals surface area contributed by atoms with Gasteiger partial charge in [0.05, 0.1) is 0 Å². The summed E-state index contributed by atoms with van der Waals surface area (Å²) in [6, 6.07) is 5.10. The molecule has 2 aromatic carbocycles. The molecule has 9 heteroatoms. The van der Waals surface area contributed by atoms with Gasteiger partial charge < -0.3 is 8.37 Å². The van der Waals surface area contributed by atoms with Gasteiger partial charge >= 0.3 is 10.4 Å². The van der Waals surface area contributed by atoms with E-state index < -0.39 is 45.2 Å². The van der Waals surface area contributed by atoms with E-state index in [1.165, 1.54) is 0 Å². The molecule has 0 N–H and O–H groups in total. The fourth-order valence-electron chi connectivity index (χ4n) is 1.33. The average Bonchev–Trinajstić information content (AvgIpc) is 2.40. The molecule has 2 rings (SSSR count). The molecule has 0 fully saturated rings. The van der Waals surface area contributed by atoms with E-state index in [0.29, 0.717) is 0 Å². The molecule has 0 unspecified atom stereocenters. The average molecular weight is 322 g/mol. The molecule has 0 aliphatic rings. The van der Waals surface area contributed by atoms with Crippen molar-refractivity contribution in [2.45, 2.75) is 0 Å². The van der Waals surface area contributed by atoms with Gasteiger partial charge in [0, 0.05) is 0 Å². The Labute approximate surface area is 116 Å². The second kappa shape index (κ2) is 5.60. The molecule has 0 atom stereocenters. The molecule has 0 spiro atoms. The van der Waals surface area contributed by atoms with Gasteiger partial charge in [0.1, 0.15) is 0 Å². The molecule has 2 aromatic rings. The maximum absolute atomic E-state index is 13.3. The lowest BCUT2D eigenvalue weighted by Gasteiger charge is -2.09. The van der Waals surface area contributed by atoms with Crippen molar-refractivity contribution in [2.75, 3.05) is 0 Å². The summed E-state index contributed by atoms with van der Waals surface area (Å²) in [5, 5.41) is 0. The standard InChI is InChI=1S/C12H6F4O4S/c13-7-3-1-5-9(11(7)15)19-21(17,18)20-10-6-2-4-8(14)12(10)16/h1-6H. The molecule has 4 nitrogen and oxygen atoms in total. The largest absolute Gasteiger partial charge is 0.501 e. The molecule has 0 aliphatic heterocycles. The van der Waals surface area contributed by atoms with Crippen molar-refractivity contribution >= 4 is 10.4 Å². The summed E-state index contributed by atoms with van der Waals surface area (Å²) in [4.78, 5) is 0. The lowest BCUT2D eigenvalue weighted by molar-refractivity contribution is 0.363. The van der Waals surface area contributed by atoms with Crippen LogP contribution in [0.25, 0.3) is 0 Å². The van der Waals surface area contributed by atoms with Crippen LogP contribution in [0.5, 0.6) is 11.5 Å². The monoisotopic (exact) mass is 322 g/mol. The number of hydrogen-bond donors (Lipinski definition) is 0. The maximum atomic E-state index is 13.3. The smallest absolute Gasteiger partial charge is 0.350 e. The summed E-state index contributed by atoms with van der Waals surface area (Å²) in [7, 11) is -4.98. The zero-order valence-electron chi connectivity index (χ0n) is 10.0. The van der Waals surface area contributed by atoms with Gasteiger partial charge in [-0.1, -0.05) is 12.1 Å². The molecule has 112 valence electrons. The van der Waals surface area contributed by atoms with Crippen molar-refractivity contribution < 1.29 is 34.3 Å². The third-order valence-electron chi connectivity index (χ3n) is 2.22. The van der Waals surface area contributed by atoms with Crippen LogP contribution in [0.1, 0.15) is 0 Å². The predicted octanol–water partition coefficient (Wildman–Crippen LogP) is 2.95. The number of rotatable bonds is 4. The van der Waals surface area contributed by atoms with Gasteiger partial charge in [-0.15, -0.1) is 8.42 Å². The van der Waals surface area contributed by atoms with Crippen LogP contribution >= 0.6 is 0 Å². The first-order valence-electron chi connectivity index (χ1n) is 5.32. The van der Waals surface area contributed by atoms with E-state index in [9.17, 15) is 26.0 Å². The van der Waals surface area contributed by atoms with E-state index >= 15 is 0 Å². The van der Waals surface area contributed by atoms with Gasteiger partial charge in [-0.2, -0.15) is 8.78 Å². The van der Waals surface area contributed by atoms with E-state index in [1.807, 2.05) is 0 Å². The van der Waals surface area contributed by atoms with Crippen molar-refractivity contribution in [3.8, 4) is 11.5 Å². The lowest BCUT2D eigenvalue weighted by Crippen LogP contribution is -2.18. The zero-order valence-corrected chi connectivity index (χ0v) is 10.8. The highest BCUT2D eigenvalue weighted by molar-refractivity contribution is 7.82. The fraction of sp³-hybridized carbons (Fsp3) is 0. The highest BCUT2D eigenvalue weighted by Gasteiger charge is 2.22. The number of benzene rings is 2. The molecule has 0 saturated heterocycles. The minimum absolute atomic E-state index is 0.738. The van der Waals surface area contributed by atoms with Crippen LogP contribution in [0.2, 0.25) is 0 Å². The Morgan fingerprint density at radius 3 is 1.48 bits per heavy atom. The number of hydrogen-bond acceptors (Lipinski definition) is 4. The van der Waals surface area contributed by atoms with E-state index in [0.717, 1.165) is 36.4 Å². The van der Waals surface area contributed by atoms with Crippen LogP contribution < -0.4 is 8.37 Å². The second-order valence-corrected chi connectivity index (χ2v) is 4.83. The van der Waals surface area contributed by atoms with Crippen molar-refractivity contribution in [3.63, 3.8) is 0 Å². The highest BCUT2D eigenvalue weighted by atomic mass is 32.3. The molecule has 0 heterocycles. The van der Waals surface area contributed by atoms with Gasteiger partial charge in [0.15, 0.2) is 23.1 Å². The SMILES string of the molecule is O=S(=O)(Oc1cccc(F)c1F)Oc1cccc(F)c1F. The summed E-state index contributed by atoms with van der Waals surface area (Å²) in [6.07, 6.45) is 0. The summed E-state index contributed by atoms with van der Waals surface area (Å²) < 4.78 is 83.6. The molecule has 21 heavy (non-hydrogen) atoms. The van der Waals surface area contributed by atoms with Crippen molar-refractivity contribution in [2.24, 2.45) is 0 Å². The molecular weight excluding hydrogens is 316 g/mol. The first kappa shape index (κ1) is 15.1. The van der Waals surface area contributed by atoms with Crippen LogP contribution in [0.3, 0.4) is 0 Å². The third-order valence-corrected chi connectivity index (χ3v) is 2.98.